The van der Waals surface area contributed by atoms with Gasteiger partial charge in [-0.05, 0) is 29.8 Å². The largest absolute Gasteiger partial charge is 0.424 e. The van der Waals surface area contributed by atoms with Gasteiger partial charge in [-0.25, -0.2) is 0 Å². The van der Waals surface area contributed by atoms with E-state index in [1.165, 1.54) is 0 Å². The van der Waals surface area contributed by atoms with Crippen LogP contribution in [-0.2, 0) is 0 Å². The molecule has 0 aliphatic rings. The van der Waals surface area contributed by atoms with Crippen LogP contribution in [0.1, 0.15) is 11.6 Å². The lowest BCUT2D eigenvalue weighted by Crippen LogP contribution is -2.14. The predicted molar refractivity (Wildman–Crippen MR) is 78.9 cm³/mol. The van der Waals surface area contributed by atoms with Crippen LogP contribution in [0, 0.1) is 0 Å². The molecule has 0 spiro atoms. The van der Waals surface area contributed by atoms with Crippen molar-refractivity contribution < 1.29 is 9.52 Å². The van der Waals surface area contributed by atoms with E-state index in [1.807, 2.05) is 36.4 Å². The van der Waals surface area contributed by atoms with Gasteiger partial charge in [0.05, 0.1) is 12.6 Å². The predicted octanol–water partition coefficient (Wildman–Crippen LogP) is 3.63. The first-order valence-electron chi connectivity index (χ1n) is 6.24. The molecule has 5 heteroatoms. The first-order chi connectivity index (χ1) is 9.76. The third-order valence-corrected chi connectivity index (χ3v) is 3.30. The van der Waals surface area contributed by atoms with Crippen molar-refractivity contribution in [2.75, 3.05) is 11.9 Å². The van der Waals surface area contributed by atoms with E-state index >= 15 is 0 Å². The number of oxazole rings is 1. The molecule has 4 nitrogen and oxygen atoms in total. The lowest BCUT2D eigenvalue weighted by molar-refractivity contribution is 0.274. The molecule has 1 aromatic heterocycles. The maximum absolute atomic E-state index is 9.52. The maximum Gasteiger partial charge on any atom is 0.296 e. The topological polar surface area (TPSA) is 58.3 Å². The van der Waals surface area contributed by atoms with Gasteiger partial charge in [0.15, 0.2) is 5.58 Å². The summed E-state index contributed by atoms with van der Waals surface area (Å²) in [7, 11) is 0. The van der Waals surface area contributed by atoms with E-state index in [4.69, 9.17) is 16.0 Å². The highest BCUT2D eigenvalue weighted by Gasteiger charge is 2.13. The first kappa shape index (κ1) is 13.0. The van der Waals surface area contributed by atoms with E-state index in [0.29, 0.717) is 16.6 Å². The SMILES string of the molecule is OCC(Nc1nc2ccccc2o1)c1ccc(Cl)cc1. The Labute approximate surface area is 121 Å². The van der Waals surface area contributed by atoms with Gasteiger partial charge in [0, 0.05) is 5.02 Å². The minimum atomic E-state index is -0.291. The normalized spacial score (nSPS) is 12.5. The third-order valence-electron chi connectivity index (χ3n) is 3.05. The Morgan fingerprint density at radius 3 is 2.60 bits per heavy atom. The number of halogens is 1. The van der Waals surface area contributed by atoms with Gasteiger partial charge in [-0.1, -0.05) is 35.9 Å². The lowest BCUT2D eigenvalue weighted by atomic mass is 10.1. The van der Waals surface area contributed by atoms with Crippen LogP contribution < -0.4 is 5.32 Å². The number of rotatable bonds is 4. The highest BCUT2D eigenvalue weighted by atomic mass is 35.5. The summed E-state index contributed by atoms with van der Waals surface area (Å²) < 4.78 is 5.59. The van der Waals surface area contributed by atoms with E-state index in [0.717, 1.165) is 11.1 Å². The van der Waals surface area contributed by atoms with Gasteiger partial charge in [-0.2, -0.15) is 4.98 Å². The van der Waals surface area contributed by atoms with Crippen molar-refractivity contribution in [1.29, 1.82) is 0 Å². The van der Waals surface area contributed by atoms with Crippen LogP contribution in [0.3, 0.4) is 0 Å². The van der Waals surface area contributed by atoms with Crippen LogP contribution in [-0.4, -0.2) is 16.7 Å². The fourth-order valence-electron chi connectivity index (χ4n) is 2.01. The monoisotopic (exact) mass is 288 g/mol. The number of nitrogens with one attached hydrogen (secondary N) is 1. The lowest BCUT2D eigenvalue weighted by Gasteiger charge is -2.15. The average Bonchev–Trinajstić information content (AvgIpc) is 2.88. The molecule has 2 N–H and O–H groups in total. The molecule has 1 unspecified atom stereocenters. The van der Waals surface area contributed by atoms with E-state index in [2.05, 4.69) is 10.3 Å². The number of aromatic nitrogens is 1. The van der Waals surface area contributed by atoms with E-state index in [1.54, 1.807) is 12.1 Å². The molecule has 1 atom stereocenters. The molecule has 0 radical (unpaired) electrons. The maximum atomic E-state index is 9.52. The minimum Gasteiger partial charge on any atom is -0.424 e. The van der Waals surface area contributed by atoms with Crippen LogP contribution in [0.15, 0.2) is 52.9 Å². The Hall–Kier alpha value is -2.04. The molecule has 0 saturated heterocycles. The van der Waals surface area contributed by atoms with Crippen LogP contribution in [0.4, 0.5) is 6.01 Å². The molecule has 0 bridgehead atoms. The number of aliphatic hydroxyl groups excluding tert-OH is 1. The highest BCUT2D eigenvalue weighted by molar-refractivity contribution is 6.30. The van der Waals surface area contributed by atoms with Gasteiger partial charge in [0.25, 0.3) is 6.01 Å². The Kier molecular flexibility index (Phi) is 3.58. The second-order valence-corrected chi connectivity index (χ2v) is 4.85. The Balaban J connectivity index is 1.85. The quantitative estimate of drug-likeness (QED) is 0.770. The molecule has 3 rings (SSSR count). The van der Waals surface area contributed by atoms with E-state index in [-0.39, 0.29) is 12.6 Å². The molecular formula is C15H13ClN2O2. The summed E-state index contributed by atoms with van der Waals surface area (Å²) in [5, 5.41) is 13.3. The van der Waals surface area contributed by atoms with Crippen LogP contribution >= 0.6 is 11.6 Å². The molecule has 20 heavy (non-hydrogen) atoms. The van der Waals surface area contributed by atoms with Gasteiger partial charge >= 0.3 is 0 Å². The Morgan fingerprint density at radius 1 is 1.15 bits per heavy atom. The summed E-state index contributed by atoms with van der Waals surface area (Å²) in [5.41, 5.74) is 2.41. The zero-order valence-electron chi connectivity index (χ0n) is 10.6. The summed E-state index contributed by atoms with van der Waals surface area (Å²) in [6, 6.07) is 14.9. The number of anilines is 1. The Morgan fingerprint density at radius 2 is 1.90 bits per heavy atom. The first-order valence-corrected chi connectivity index (χ1v) is 6.62. The molecule has 2 aromatic carbocycles. The number of fused-ring (bicyclic) bond motifs is 1. The summed E-state index contributed by atoms with van der Waals surface area (Å²) in [5.74, 6) is 0. The molecule has 102 valence electrons. The van der Waals surface area contributed by atoms with Crippen molar-refractivity contribution in [1.82, 2.24) is 4.98 Å². The minimum absolute atomic E-state index is 0.0691. The van der Waals surface area contributed by atoms with Crippen molar-refractivity contribution in [3.63, 3.8) is 0 Å². The van der Waals surface area contributed by atoms with Gasteiger partial charge < -0.3 is 14.8 Å². The van der Waals surface area contributed by atoms with Gasteiger partial charge in [-0.15, -0.1) is 0 Å². The average molecular weight is 289 g/mol. The molecule has 0 aliphatic heterocycles. The number of para-hydroxylation sites is 2. The molecule has 0 saturated carbocycles. The second kappa shape index (κ2) is 5.53. The molecule has 0 aliphatic carbocycles. The van der Waals surface area contributed by atoms with E-state index in [9.17, 15) is 5.11 Å². The standard InChI is InChI=1S/C15H13ClN2O2/c16-11-7-5-10(6-8-11)13(9-19)18-15-17-12-3-1-2-4-14(12)20-15/h1-8,13,19H,9H2,(H,17,18). The van der Waals surface area contributed by atoms with Crippen molar-refractivity contribution in [2.24, 2.45) is 0 Å². The fourth-order valence-corrected chi connectivity index (χ4v) is 2.14. The molecule has 0 amide bonds. The number of benzene rings is 2. The zero-order valence-corrected chi connectivity index (χ0v) is 11.3. The van der Waals surface area contributed by atoms with Crippen molar-refractivity contribution in [3.8, 4) is 0 Å². The summed E-state index contributed by atoms with van der Waals surface area (Å²) >= 11 is 5.86. The smallest absolute Gasteiger partial charge is 0.296 e. The van der Waals surface area contributed by atoms with Gasteiger partial charge in [0.2, 0.25) is 0 Å². The van der Waals surface area contributed by atoms with Crippen LogP contribution in [0.2, 0.25) is 5.02 Å². The zero-order chi connectivity index (χ0) is 13.9. The Bertz CT molecular complexity index is 676. The number of aliphatic hydroxyl groups is 1. The molecule has 3 aromatic rings. The number of nitrogens with zero attached hydrogens (tertiary/aromatic N) is 1. The van der Waals surface area contributed by atoms with Crippen molar-refractivity contribution >= 4 is 28.7 Å². The fraction of sp³-hybridized carbons (Fsp3) is 0.133. The van der Waals surface area contributed by atoms with Crippen molar-refractivity contribution in [3.05, 3.63) is 59.1 Å². The van der Waals surface area contributed by atoms with E-state index < -0.39 is 0 Å². The second-order valence-electron chi connectivity index (χ2n) is 4.42. The molecule has 0 fully saturated rings. The molecular weight excluding hydrogens is 276 g/mol. The summed E-state index contributed by atoms with van der Waals surface area (Å²) in [4.78, 5) is 4.33. The van der Waals surface area contributed by atoms with Crippen molar-refractivity contribution in [2.45, 2.75) is 6.04 Å². The van der Waals surface area contributed by atoms with Gasteiger partial charge in [-0.3, -0.25) is 0 Å². The van der Waals surface area contributed by atoms with Crippen LogP contribution in [0.25, 0.3) is 11.1 Å². The van der Waals surface area contributed by atoms with Gasteiger partial charge in [0.1, 0.15) is 5.52 Å². The third kappa shape index (κ3) is 2.61. The highest BCUT2D eigenvalue weighted by Crippen LogP contribution is 2.23. The summed E-state index contributed by atoms with van der Waals surface area (Å²) in [6.07, 6.45) is 0. The summed E-state index contributed by atoms with van der Waals surface area (Å²) in [6.45, 7) is -0.0691. The number of hydrogen-bond acceptors (Lipinski definition) is 4. The molecule has 1 heterocycles. The van der Waals surface area contributed by atoms with Crippen LogP contribution in [0.5, 0.6) is 0 Å². The number of hydrogen-bond donors (Lipinski definition) is 2.